The molecule has 0 bridgehead atoms. The van der Waals surface area contributed by atoms with Crippen LogP contribution in [0.25, 0.3) is 0 Å². The zero-order valence-electron chi connectivity index (χ0n) is 12.6. The van der Waals surface area contributed by atoms with E-state index in [-0.39, 0.29) is 15.8 Å². The molecule has 1 aliphatic heterocycles. The topological polar surface area (TPSA) is 81.2 Å². The minimum Gasteiger partial charge on any atom is -0.460 e. The minimum atomic E-state index is -3.48. The molecule has 2 aromatic rings. The number of aromatic nitrogens is 2. The van der Waals surface area contributed by atoms with E-state index in [2.05, 4.69) is 15.3 Å². The average Bonchev–Trinajstić information content (AvgIpc) is 2.48. The number of pyridine rings is 2. The molecule has 0 unspecified atom stereocenters. The van der Waals surface area contributed by atoms with E-state index in [4.69, 9.17) is 17.0 Å². The van der Waals surface area contributed by atoms with Crippen molar-refractivity contribution in [1.29, 1.82) is 0 Å². The van der Waals surface area contributed by atoms with Crippen LogP contribution in [0, 0.1) is 0 Å². The van der Waals surface area contributed by atoms with Gasteiger partial charge in [-0.2, -0.15) is 0 Å². The Bertz CT molecular complexity index is 865. The third-order valence-corrected chi connectivity index (χ3v) is 5.37. The van der Waals surface area contributed by atoms with Crippen LogP contribution in [0.5, 0.6) is 0 Å². The second-order valence-corrected chi connectivity index (χ2v) is 8.07. The van der Waals surface area contributed by atoms with Crippen LogP contribution in [-0.4, -0.2) is 23.6 Å². The first kappa shape index (κ1) is 15.8. The maximum atomic E-state index is 12.4. The highest BCUT2D eigenvalue weighted by Gasteiger charge is 2.33. The van der Waals surface area contributed by atoms with Gasteiger partial charge in [-0.15, -0.1) is 0 Å². The summed E-state index contributed by atoms with van der Waals surface area (Å²) in [6.07, 6.45) is 4.41. The summed E-state index contributed by atoms with van der Waals surface area (Å²) in [5.41, 5.74) is 0.683. The van der Waals surface area contributed by atoms with Gasteiger partial charge >= 0.3 is 0 Å². The zero-order valence-corrected chi connectivity index (χ0v) is 14.2. The summed E-state index contributed by atoms with van der Waals surface area (Å²) >= 11 is 5.04. The lowest BCUT2D eigenvalue weighted by atomic mass is 9.96. The SMILES string of the molecule is CC1(C)OC(=S)Nc2ncc(CS(=O)(=O)c3cccnc3)cc21. The standard InChI is InChI=1S/C15H15N3O3S2/c1-15(2)12-6-10(7-17-13(12)18-14(22)21-15)9-23(19,20)11-4-3-5-16-8-11/h3-8H,9H2,1-2H3,(H,17,18,22). The summed E-state index contributed by atoms with van der Waals surface area (Å²) in [7, 11) is -3.48. The van der Waals surface area contributed by atoms with E-state index in [1.54, 1.807) is 12.1 Å². The van der Waals surface area contributed by atoms with Crippen LogP contribution in [0.2, 0.25) is 0 Å². The number of nitrogens with zero attached hydrogens (tertiary/aromatic N) is 2. The lowest BCUT2D eigenvalue weighted by Crippen LogP contribution is -2.35. The van der Waals surface area contributed by atoms with Gasteiger partial charge < -0.3 is 10.1 Å². The molecule has 6 nitrogen and oxygen atoms in total. The number of fused-ring (bicyclic) bond motifs is 1. The molecule has 0 radical (unpaired) electrons. The Kier molecular flexibility index (Phi) is 3.81. The number of hydrogen-bond acceptors (Lipinski definition) is 6. The zero-order chi connectivity index (χ0) is 16.7. The molecule has 1 N–H and O–H groups in total. The van der Waals surface area contributed by atoms with Crippen LogP contribution in [0.1, 0.15) is 25.0 Å². The molecule has 3 heterocycles. The van der Waals surface area contributed by atoms with Crippen molar-refractivity contribution in [1.82, 2.24) is 9.97 Å². The Hall–Kier alpha value is -2.06. The van der Waals surface area contributed by atoms with E-state index in [9.17, 15) is 8.42 Å². The molecule has 120 valence electrons. The lowest BCUT2D eigenvalue weighted by Gasteiger charge is -2.33. The van der Waals surface area contributed by atoms with Crippen molar-refractivity contribution >= 4 is 33.0 Å². The van der Waals surface area contributed by atoms with E-state index in [1.165, 1.54) is 24.7 Å². The quantitative estimate of drug-likeness (QED) is 0.852. The Labute approximate surface area is 139 Å². The first-order valence-corrected chi connectivity index (χ1v) is 8.96. The van der Waals surface area contributed by atoms with E-state index in [0.717, 1.165) is 5.56 Å². The maximum absolute atomic E-state index is 12.4. The van der Waals surface area contributed by atoms with E-state index in [0.29, 0.717) is 11.4 Å². The van der Waals surface area contributed by atoms with Crippen molar-refractivity contribution in [3.05, 3.63) is 47.9 Å². The summed E-state index contributed by atoms with van der Waals surface area (Å²) in [4.78, 5) is 8.33. The molecule has 0 aliphatic carbocycles. The fraction of sp³-hybridized carbons (Fsp3) is 0.267. The molecule has 23 heavy (non-hydrogen) atoms. The molecule has 0 saturated heterocycles. The highest BCUT2D eigenvalue weighted by atomic mass is 32.2. The monoisotopic (exact) mass is 349 g/mol. The van der Waals surface area contributed by atoms with Crippen LogP contribution in [-0.2, 0) is 25.9 Å². The first-order chi connectivity index (χ1) is 10.8. The average molecular weight is 349 g/mol. The highest BCUT2D eigenvalue weighted by Crippen LogP contribution is 2.35. The fourth-order valence-electron chi connectivity index (χ4n) is 2.39. The first-order valence-electron chi connectivity index (χ1n) is 6.90. The molecule has 0 spiro atoms. The number of rotatable bonds is 3. The van der Waals surface area contributed by atoms with E-state index >= 15 is 0 Å². The van der Waals surface area contributed by atoms with Gasteiger partial charge in [0.1, 0.15) is 11.4 Å². The molecule has 0 atom stereocenters. The number of hydrogen-bond donors (Lipinski definition) is 1. The minimum absolute atomic E-state index is 0.153. The van der Waals surface area contributed by atoms with Crippen LogP contribution < -0.4 is 5.32 Å². The fourth-order valence-corrected chi connectivity index (χ4v) is 3.96. The third kappa shape index (κ3) is 3.18. The van der Waals surface area contributed by atoms with Gasteiger partial charge in [0.05, 0.1) is 10.6 Å². The maximum Gasteiger partial charge on any atom is 0.263 e. The van der Waals surface area contributed by atoms with Crippen molar-refractivity contribution in [2.24, 2.45) is 0 Å². The van der Waals surface area contributed by atoms with E-state index < -0.39 is 15.4 Å². The van der Waals surface area contributed by atoms with Gasteiger partial charge in [-0.25, -0.2) is 13.4 Å². The van der Waals surface area contributed by atoms with Crippen LogP contribution >= 0.6 is 12.2 Å². The molecule has 0 saturated carbocycles. The number of nitrogens with one attached hydrogen (secondary N) is 1. The summed E-state index contributed by atoms with van der Waals surface area (Å²) < 4.78 is 30.5. The van der Waals surface area contributed by atoms with Crippen LogP contribution in [0.3, 0.4) is 0 Å². The van der Waals surface area contributed by atoms with Crippen LogP contribution in [0.15, 0.2) is 41.7 Å². The van der Waals surface area contributed by atoms with Gasteiger partial charge in [-0.3, -0.25) is 4.98 Å². The second kappa shape index (κ2) is 5.54. The van der Waals surface area contributed by atoms with Crippen LogP contribution in [0.4, 0.5) is 5.82 Å². The lowest BCUT2D eigenvalue weighted by molar-refractivity contribution is 0.0940. The van der Waals surface area contributed by atoms with Crippen molar-refractivity contribution in [2.75, 3.05) is 5.32 Å². The van der Waals surface area contributed by atoms with Crippen molar-refractivity contribution < 1.29 is 13.2 Å². The Morgan fingerprint density at radius 1 is 1.35 bits per heavy atom. The summed E-state index contributed by atoms with van der Waals surface area (Å²) in [6, 6.07) is 4.91. The van der Waals surface area contributed by atoms with Gasteiger partial charge in [0.2, 0.25) is 0 Å². The smallest absolute Gasteiger partial charge is 0.263 e. The summed E-state index contributed by atoms with van der Waals surface area (Å²) in [5, 5.41) is 3.13. The molecule has 0 aromatic carbocycles. The summed E-state index contributed by atoms with van der Waals surface area (Å²) in [5.74, 6) is 0.438. The van der Waals surface area contributed by atoms with Crippen molar-refractivity contribution in [3.63, 3.8) is 0 Å². The van der Waals surface area contributed by atoms with Crippen molar-refractivity contribution in [2.45, 2.75) is 30.1 Å². The molecule has 8 heteroatoms. The van der Waals surface area contributed by atoms with Gasteiger partial charge in [-0.1, -0.05) is 0 Å². The predicted molar refractivity (Wildman–Crippen MR) is 89.7 cm³/mol. The number of thiocarbonyl (C=S) groups is 1. The molecule has 2 aromatic heterocycles. The van der Waals surface area contributed by atoms with Gasteiger partial charge in [0.25, 0.3) is 5.17 Å². The molecule has 0 amide bonds. The third-order valence-electron chi connectivity index (χ3n) is 3.51. The Balaban J connectivity index is 1.96. The molecular weight excluding hydrogens is 334 g/mol. The normalized spacial score (nSPS) is 16.2. The number of anilines is 1. The molecule has 1 aliphatic rings. The van der Waals surface area contributed by atoms with Crippen molar-refractivity contribution in [3.8, 4) is 0 Å². The van der Waals surface area contributed by atoms with Gasteiger partial charge in [0.15, 0.2) is 9.84 Å². The Morgan fingerprint density at radius 2 is 2.13 bits per heavy atom. The molecular formula is C15H15N3O3S2. The van der Waals surface area contributed by atoms with E-state index in [1.807, 2.05) is 13.8 Å². The molecule has 0 fully saturated rings. The predicted octanol–water partition coefficient (Wildman–Crippen LogP) is 2.41. The highest BCUT2D eigenvalue weighted by molar-refractivity contribution is 7.90. The number of sulfone groups is 1. The Morgan fingerprint density at radius 3 is 2.83 bits per heavy atom. The van der Waals surface area contributed by atoms with Gasteiger partial charge in [0, 0.05) is 24.2 Å². The van der Waals surface area contributed by atoms with Gasteiger partial charge in [-0.05, 0) is 49.8 Å². The number of ether oxygens (including phenoxy) is 1. The molecule has 3 rings (SSSR count). The summed E-state index contributed by atoms with van der Waals surface area (Å²) in [6.45, 7) is 3.72. The second-order valence-electron chi connectivity index (χ2n) is 5.71. The largest absolute Gasteiger partial charge is 0.460 e.